The van der Waals surface area contributed by atoms with Gasteiger partial charge in [0.25, 0.3) is 10.0 Å². The van der Waals surface area contributed by atoms with Crippen molar-refractivity contribution >= 4 is 27.6 Å². The molecule has 1 heterocycles. The average Bonchev–Trinajstić information content (AvgIpc) is 3.38. The number of carboxylic acid groups (broad SMARTS) is 1. The predicted octanol–water partition coefficient (Wildman–Crippen LogP) is 5.48. The van der Waals surface area contributed by atoms with E-state index in [-0.39, 0.29) is 29.8 Å². The molecule has 4 aromatic rings. The molecule has 0 saturated carbocycles. The molecule has 1 amide bonds. The number of carboxylic acids is 1. The van der Waals surface area contributed by atoms with Crippen LogP contribution in [0.5, 0.6) is 0 Å². The van der Waals surface area contributed by atoms with Crippen LogP contribution in [-0.4, -0.2) is 38.0 Å². The van der Waals surface area contributed by atoms with Crippen LogP contribution in [0.15, 0.2) is 102 Å². The molecule has 0 aliphatic carbocycles. The zero-order valence-electron chi connectivity index (χ0n) is 22.7. The maximum absolute atomic E-state index is 13.9. The molecule has 2 N–H and O–H groups in total. The first-order valence-electron chi connectivity index (χ1n) is 13.4. The number of aliphatic carboxylic acids is 1. The van der Waals surface area contributed by atoms with E-state index in [0.29, 0.717) is 28.8 Å². The maximum Gasteiger partial charge on any atom is 0.416 e. The Kier molecular flexibility index (Phi) is 8.27. The van der Waals surface area contributed by atoms with Gasteiger partial charge in [0, 0.05) is 13.0 Å². The first kappa shape index (κ1) is 29.8. The van der Waals surface area contributed by atoms with Gasteiger partial charge < -0.3 is 10.4 Å². The third-order valence-corrected chi connectivity index (χ3v) is 9.06. The van der Waals surface area contributed by atoms with Gasteiger partial charge in [0.1, 0.15) is 6.04 Å². The number of nitrogens with zero attached hydrogens (tertiary/aromatic N) is 1. The maximum atomic E-state index is 13.9. The fourth-order valence-electron chi connectivity index (χ4n) is 5.18. The van der Waals surface area contributed by atoms with Crippen LogP contribution < -0.4 is 9.62 Å². The lowest BCUT2D eigenvalue weighted by molar-refractivity contribution is -0.138. The van der Waals surface area contributed by atoms with E-state index in [1.807, 2.05) is 6.07 Å². The summed E-state index contributed by atoms with van der Waals surface area (Å²) in [5, 5.41) is 11.8. The number of halogens is 3. The van der Waals surface area contributed by atoms with Gasteiger partial charge in [-0.15, -0.1) is 0 Å². The molecule has 222 valence electrons. The molecule has 0 spiro atoms. The molecule has 0 unspecified atom stereocenters. The number of fused-ring (bicyclic) bond motifs is 1. The minimum absolute atomic E-state index is 0.104. The van der Waals surface area contributed by atoms with Crippen LogP contribution in [0.25, 0.3) is 11.1 Å². The molecule has 0 bridgehead atoms. The number of amides is 1. The van der Waals surface area contributed by atoms with E-state index >= 15 is 0 Å². The second-order valence-electron chi connectivity index (χ2n) is 10.2. The smallest absolute Gasteiger partial charge is 0.416 e. The number of alkyl halides is 3. The molecule has 7 nitrogen and oxygen atoms in total. The number of hydrogen-bond donors (Lipinski definition) is 2. The summed E-state index contributed by atoms with van der Waals surface area (Å²) in [4.78, 5) is 24.3. The summed E-state index contributed by atoms with van der Waals surface area (Å²) in [6.45, 7) is 0.210. The third-order valence-electron chi connectivity index (χ3n) is 7.22. The molecule has 5 rings (SSSR count). The topological polar surface area (TPSA) is 104 Å². The molecule has 0 saturated heterocycles. The van der Waals surface area contributed by atoms with Crippen LogP contribution in [0.2, 0.25) is 0 Å². The highest BCUT2D eigenvalue weighted by Gasteiger charge is 2.42. The summed E-state index contributed by atoms with van der Waals surface area (Å²) in [6.07, 6.45) is -4.04. The van der Waals surface area contributed by atoms with Gasteiger partial charge in [-0.3, -0.25) is 13.9 Å². The zero-order chi connectivity index (χ0) is 30.8. The molecule has 1 aliphatic heterocycles. The molecular formula is C32H27F3N2O5S. The number of rotatable bonds is 9. The van der Waals surface area contributed by atoms with Crippen molar-refractivity contribution in [2.45, 2.75) is 36.4 Å². The van der Waals surface area contributed by atoms with Gasteiger partial charge in [-0.2, -0.15) is 13.2 Å². The standard InChI is InChI=1S/C32H27F3N2O5S/c33-32(34,35)26-9-4-8-24(19-26)23-11-13-27(14-12-23)43(41,42)37-28-10-2-1-7-25(28)20-29(37)31(40)36-16-15-21-5-3-6-22(17-21)18-30(38)39/h1-14,17,19,29H,15-16,18,20H2,(H,36,40)(H,38,39)/t29-/m0/s1. The van der Waals surface area contributed by atoms with Crippen LogP contribution in [0, 0.1) is 0 Å². The van der Waals surface area contributed by atoms with Gasteiger partial charge in [-0.25, -0.2) is 8.42 Å². The number of para-hydroxylation sites is 1. The summed E-state index contributed by atoms with van der Waals surface area (Å²) >= 11 is 0. The van der Waals surface area contributed by atoms with Gasteiger partial charge >= 0.3 is 12.1 Å². The molecule has 0 aromatic heterocycles. The number of sulfonamides is 1. The second kappa shape index (κ2) is 11.9. The van der Waals surface area contributed by atoms with E-state index in [1.54, 1.807) is 42.5 Å². The second-order valence-corrected chi connectivity index (χ2v) is 12.0. The third kappa shape index (κ3) is 6.56. The lowest BCUT2D eigenvalue weighted by atomic mass is 10.0. The normalized spacial score (nSPS) is 14.8. The van der Waals surface area contributed by atoms with Crippen molar-refractivity contribution in [3.05, 3.63) is 119 Å². The summed E-state index contributed by atoms with van der Waals surface area (Å²) < 4.78 is 68.5. The van der Waals surface area contributed by atoms with Gasteiger partial charge in [0.15, 0.2) is 0 Å². The molecule has 11 heteroatoms. The largest absolute Gasteiger partial charge is 0.481 e. The highest BCUT2D eigenvalue weighted by molar-refractivity contribution is 7.93. The van der Waals surface area contributed by atoms with Gasteiger partial charge in [-0.05, 0) is 64.6 Å². The Balaban J connectivity index is 1.35. The number of carbonyl (C=O) groups excluding carboxylic acids is 1. The number of nitrogens with one attached hydrogen (secondary N) is 1. The Hall–Kier alpha value is -4.64. The monoisotopic (exact) mass is 608 g/mol. The van der Waals surface area contributed by atoms with E-state index < -0.39 is 39.7 Å². The Morgan fingerprint density at radius 2 is 1.56 bits per heavy atom. The number of anilines is 1. The Bertz CT molecular complexity index is 1770. The molecular weight excluding hydrogens is 581 g/mol. The molecule has 0 fully saturated rings. The van der Waals surface area contributed by atoms with Crippen molar-refractivity contribution in [3.8, 4) is 11.1 Å². The van der Waals surface area contributed by atoms with Crippen LogP contribution in [0.1, 0.15) is 22.3 Å². The fourth-order valence-corrected chi connectivity index (χ4v) is 6.83. The van der Waals surface area contributed by atoms with E-state index in [1.165, 1.54) is 36.4 Å². The molecule has 1 atom stereocenters. The fraction of sp³-hybridized carbons (Fsp3) is 0.188. The van der Waals surface area contributed by atoms with Crippen LogP contribution >= 0.6 is 0 Å². The molecule has 4 aromatic carbocycles. The van der Waals surface area contributed by atoms with Crippen molar-refractivity contribution in [2.75, 3.05) is 10.8 Å². The molecule has 43 heavy (non-hydrogen) atoms. The Labute approximate surface area is 246 Å². The Morgan fingerprint density at radius 1 is 0.860 bits per heavy atom. The highest BCUT2D eigenvalue weighted by Crippen LogP contribution is 2.38. The number of hydrogen-bond acceptors (Lipinski definition) is 4. The van der Waals surface area contributed by atoms with Crippen molar-refractivity contribution in [1.29, 1.82) is 0 Å². The quantitative estimate of drug-likeness (QED) is 0.262. The SMILES string of the molecule is O=C(O)Cc1cccc(CCNC(=O)[C@@H]2Cc3ccccc3N2S(=O)(=O)c2ccc(-c3cccc(C(F)(F)F)c3)cc2)c1. The van der Waals surface area contributed by atoms with E-state index in [2.05, 4.69) is 5.32 Å². The summed E-state index contributed by atoms with van der Waals surface area (Å²) in [7, 11) is -4.23. The van der Waals surface area contributed by atoms with Crippen molar-refractivity contribution in [3.63, 3.8) is 0 Å². The number of benzene rings is 4. The molecule has 1 aliphatic rings. The first-order chi connectivity index (χ1) is 20.4. The predicted molar refractivity (Wildman–Crippen MR) is 155 cm³/mol. The van der Waals surface area contributed by atoms with Crippen LogP contribution in [-0.2, 0) is 45.1 Å². The lowest BCUT2D eigenvalue weighted by Gasteiger charge is -2.26. The number of carbonyl (C=O) groups is 2. The average molecular weight is 609 g/mol. The minimum Gasteiger partial charge on any atom is -0.481 e. The summed E-state index contributed by atoms with van der Waals surface area (Å²) in [6, 6.07) is 23.1. The zero-order valence-corrected chi connectivity index (χ0v) is 23.5. The lowest BCUT2D eigenvalue weighted by Crippen LogP contribution is -2.48. The van der Waals surface area contributed by atoms with Crippen molar-refractivity contribution in [2.24, 2.45) is 0 Å². The van der Waals surface area contributed by atoms with Crippen LogP contribution in [0.3, 0.4) is 0 Å². The summed E-state index contributed by atoms with van der Waals surface area (Å²) in [5.74, 6) is -1.43. The van der Waals surface area contributed by atoms with Crippen LogP contribution in [0.4, 0.5) is 18.9 Å². The van der Waals surface area contributed by atoms with Crippen molar-refractivity contribution in [1.82, 2.24) is 5.32 Å². The van der Waals surface area contributed by atoms with E-state index in [4.69, 9.17) is 5.11 Å². The first-order valence-corrected chi connectivity index (χ1v) is 14.8. The Morgan fingerprint density at radius 3 is 2.28 bits per heavy atom. The van der Waals surface area contributed by atoms with E-state index in [9.17, 15) is 31.2 Å². The summed E-state index contributed by atoms with van der Waals surface area (Å²) in [5.41, 5.74) is 2.43. The van der Waals surface area contributed by atoms with Crippen molar-refractivity contribution < 1.29 is 36.3 Å². The van der Waals surface area contributed by atoms with Gasteiger partial charge in [0.05, 0.1) is 22.6 Å². The highest BCUT2D eigenvalue weighted by atomic mass is 32.2. The molecule has 0 radical (unpaired) electrons. The minimum atomic E-state index is -4.51. The van der Waals surface area contributed by atoms with E-state index in [0.717, 1.165) is 22.0 Å². The van der Waals surface area contributed by atoms with Gasteiger partial charge in [-0.1, -0.05) is 66.7 Å². The van der Waals surface area contributed by atoms with Gasteiger partial charge in [0.2, 0.25) is 5.91 Å².